The Morgan fingerprint density at radius 1 is 1.36 bits per heavy atom. The summed E-state index contributed by atoms with van der Waals surface area (Å²) in [4.78, 5) is 0. The zero-order valence-electron chi connectivity index (χ0n) is 8.67. The second-order valence-electron chi connectivity index (χ2n) is 4.49. The summed E-state index contributed by atoms with van der Waals surface area (Å²) in [5.74, 6) is 6.73. The van der Waals surface area contributed by atoms with Gasteiger partial charge in [0.2, 0.25) is 0 Å². The van der Waals surface area contributed by atoms with Gasteiger partial charge in [0.15, 0.2) is 0 Å². The molecule has 2 aliphatic carbocycles. The maximum atomic E-state index is 5.19. The summed E-state index contributed by atoms with van der Waals surface area (Å²) in [6.07, 6.45) is 11.1. The molecule has 1 nitrogen and oxygen atoms in total. The van der Waals surface area contributed by atoms with E-state index >= 15 is 0 Å². The molecular formula is C12H19NS. The smallest absolute Gasteiger partial charge is 0.0545 e. The van der Waals surface area contributed by atoms with Crippen LogP contribution in [0.1, 0.15) is 25.7 Å². The third-order valence-electron chi connectivity index (χ3n) is 3.58. The van der Waals surface area contributed by atoms with Crippen LogP contribution < -0.4 is 5.32 Å². The number of rotatable bonds is 5. The highest BCUT2D eigenvalue weighted by atomic mass is 32.2. The number of hydrogen-bond donors (Lipinski definition) is 1. The maximum absolute atomic E-state index is 5.19. The first-order valence-corrected chi connectivity index (χ1v) is 6.80. The van der Waals surface area contributed by atoms with Crippen LogP contribution in [0.5, 0.6) is 0 Å². The Labute approximate surface area is 91.4 Å². The maximum Gasteiger partial charge on any atom is 0.0545 e. The van der Waals surface area contributed by atoms with E-state index in [0.29, 0.717) is 0 Å². The van der Waals surface area contributed by atoms with Crippen molar-refractivity contribution in [3.8, 4) is 12.3 Å². The van der Waals surface area contributed by atoms with Crippen LogP contribution in [0.4, 0.5) is 0 Å². The Hall–Kier alpha value is -0.130. The largest absolute Gasteiger partial charge is 0.313 e. The number of thioether (sulfide) groups is 1. The van der Waals surface area contributed by atoms with Crippen molar-refractivity contribution in [2.24, 2.45) is 11.8 Å². The Balaban J connectivity index is 1.56. The fraction of sp³-hybridized carbons (Fsp3) is 0.833. The van der Waals surface area contributed by atoms with Gasteiger partial charge in [-0.3, -0.25) is 0 Å². The van der Waals surface area contributed by atoms with Gasteiger partial charge in [0, 0.05) is 18.3 Å². The van der Waals surface area contributed by atoms with Crippen LogP contribution in [0.25, 0.3) is 0 Å². The molecule has 1 N–H and O–H groups in total. The van der Waals surface area contributed by atoms with Gasteiger partial charge in [-0.15, -0.1) is 18.2 Å². The third kappa shape index (κ3) is 2.46. The zero-order chi connectivity index (χ0) is 9.80. The van der Waals surface area contributed by atoms with E-state index in [4.69, 9.17) is 6.42 Å². The van der Waals surface area contributed by atoms with E-state index in [1.165, 1.54) is 25.7 Å². The highest BCUT2D eigenvalue weighted by Crippen LogP contribution is 2.44. The van der Waals surface area contributed by atoms with Crippen LogP contribution in [0.2, 0.25) is 0 Å². The van der Waals surface area contributed by atoms with Gasteiger partial charge in [0.05, 0.1) is 5.75 Å². The first-order valence-electron chi connectivity index (χ1n) is 5.64. The molecule has 0 aromatic rings. The lowest BCUT2D eigenvalue weighted by Gasteiger charge is -2.22. The minimum absolute atomic E-state index is 0.834. The number of hydrogen-bond acceptors (Lipinski definition) is 2. The van der Waals surface area contributed by atoms with Crippen LogP contribution >= 0.6 is 11.8 Å². The molecule has 14 heavy (non-hydrogen) atoms. The molecule has 78 valence electrons. The monoisotopic (exact) mass is 209 g/mol. The second-order valence-corrected chi connectivity index (χ2v) is 5.60. The second kappa shape index (κ2) is 5.09. The van der Waals surface area contributed by atoms with Gasteiger partial charge in [-0.05, 0) is 31.1 Å². The Bertz CT molecular complexity index is 221. The number of fused-ring (bicyclic) bond motifs is 2. The molecule has 3 unspecified atom stereocenters. The van der Waals surface area contributed by atoms with E-state index in [0.717, 1.165) is 35.9 Å². The van der Waals surface area contributed by atoms with Crippen molar-refractivity contribution in [2.75, 3.05) is 18.1 Å². The molecule has 2 fully saturated rings. The molecule has 0 radical (unpaired) electrons. The van der Waals surface area contributed by atoms with Crippen molar-refractivity contribution >= 4 is 11.8 Å². The Morgan fingerprint density at radius 2 is 2.29 bits per heavy atom. The molecule has 0 spiro atoms. The van der Waals surface area contributed by atoms with E-state index in [9.17, 15) is 0 Å². The van der Waals surface area contributed by atoms with Gasteiger partial charge < -0.3 is 5.32 Å². The Kier molecular flexibility index (Phi) is 3.78. The summed E-state index contributed by atoms with van der Waals surface area (Å²) in [6.45, 7) is 1.14. The molecule has 2 rings (SSSR count). The average Bonchev–Trinajstić information content (AvgIpc) is 2.79. The number of terminal acetylenes is 1. The first-order chi connectivity index (χ1) is 6.90. The fourth-order valence-corrected chi connectivity index (χ4v) is 3.47. The van der Waals surface area contributed by atoms with Crippen molar-refractivity contribution in [3.63, 3.8) is 0 Å². The molecule has 0 heterocycles. The van der Waals surface area contributed by atoms with Crippen molar-refractivity contribution in [1.29, 1.82) is 0 Å². The van der Waals surface area contributed by atoms with Crippen LogP contribution in [0, 0.1) is 24.2 Å². The van der Waals surface area contributed by atoms with Crippen molar-refractivity contribution in [1.82, 2.24) is 5.32 Å². The van der Waals surface area contributed by atoms with E-state index in [1.807, 2.05) is 11.8 Å². The minimum atomic E-state index is 0.834. The highest BCUT2D eigenvalue weighted by molar-refractivity contribution is 7.99. The molecule has 2 heteroatoms. The average molecular weight is 209 g/mol. The molecule has 0 amide bonds. The van der Waals surface area contributed by atoms with E-state index in [2.05, 4.69) is 11.2 Å². The van der Waals surface area contributed by atoms with Gasteiger partial charge in [-0.25, -0.2) is 0 Å². The molecule has 2 bridgehead atoms. The molecule has 3 atom stereocenters. The van der Waals surface area contributed by atoms with Crippen molar-refractivity contribution < 1.29 is 0 Å². The lowest BCUT2D eigenvalue weighted by molar-refractivity contribution is 0.359. The standard InChI is InChI=1S/C12H19NS/c1-2-6-14-7-5-13-12-9-10-3-4-11(12)8-10/h1,10-13H,3-9H2. The van der Waals surface area contributed by atoms with Crippen LogP contribution in [-0.2, 0) is 0 Å². The quantitative estimate of drug-likeness (QED) is 0.550. The van der Waals surface area contributed by atoms with Gasteiger partial charge >= 0.3 is 0 Å². The van der Waals surface area contributed by atoms with Gasteiger partial charge in [-0.1, -0.05) is 12.3 Å². The predicted octanol–water partition coefficient (Wildman–Crippen LogP) is 2.13. The topological polar surface area (TPSA) is 12.0 Å². The fourth-order valence-electron chi connectivity index (χ4n) is 2.94. The van der Waals surface area contributed by atoms with Crippen molar-refractivity contribution in [3.05, 3.63) is 0 Å². The lowest BCUT2D eigenvalue weighted by atomic mass is 9.95. The summed E-state index contributed by atoms with van der Waals surface area (Å²) in [6, 6.07) is 0.834. The van der Waals surface area contributed by atoms with Crippen LogP contribution in [0.15, 0.2) is 0 Å². The van der Waals surface area contributed by atoms with E-state index in [-0.39, 0.29) is 0 Å². The zero-order valence-corrected chi connectivity index (χ0v) is 9.48. The molecule has 2 saturated carbocycles. The van der Waals surface area contributed by atoms with Gasteiger partial charge in [0.1, 0.15) is 0 Å². The van der Waals surface area contributed by atoms with Crippen LogP contribution in [0.3, 0.4) is 0 Å². The molecule has 0 aromatic carbocycles. The predicted molar refractivity (Wildman–Crippen MR) is 63.4 cm³/mol. The minimum Gasteiger partial charge on any atom is -0.313 e. The molecule has 0 aliphatic heterocycles. The molecule has 2 aliphatic rings. The normalized spacial score (nSPS) is 34.6. The summed E-state index contributed by atoms with van der Waals surface area (Å²) in [5, 5.41) is 3.68. The van der Waals surface area contributed by atoms with Crippen LogP contribution in [-0.4, -0.2) is 24.1 Å². The summed E-state index contributed by atoms with van der Waals surface area (Å²) in [7, 11) is 0. The van der Waals surface area contributed by atoms with Gasteiger partial charge in [-0.2, -0.15) is 0 Å². The highest BCUT2D eigenvalue weighted by Gasteiger charge is 2.38. The first kappa shape index (κ1) is 10.4. The summed E-state index contributed by atoms with van der Waals surface area (Å²) >= 11 is 1.86. The molecular weight excluding hydrogens is 190 g/mol. The van der Waals surface area contributed by atoms with Gasteiger partial charge in [0.25, 0.3) is 0 Å². The number of nitrogens with one attached hydrogen (secondary N) is 1. The van der Waals surface area contributed by atoms with Crippen molar-refractivity contribution in [2.45, 2.75) is 31.7 Å². The molecule has 0 saturated heterocycles. The third-order valence-corrected chi connectivity index (χ3v) is 4.44. The van der Waals surface area contributed by atoms with E-state index in [1.54, 1.807) is 0 Å². The van der Waals surface area contributed by atoms with E-state index < -0.39 is 0 Å². The SMILES string of the molecule is C#CCSCCNC1CC2CCC1C2. The molecule has 0 aromatic heterocycles. The summed E-state index contributed by atoms with van der Waals surface area (Å²) < 4.78 is 0. The summed E-state index contributed by atoms with van der Waals surface area (Å²) in [5.41, 5.74) is 0. The Morgan fingerprint density at radius 3 is 2.93 bits per heavy atom. The lowest BCUT2D eigenvalue weighted by Crippen LogP contribution is -2.35.